The molecule has 0 aromatic heterocycles. The second-order valence-electron chi connectivity index (χ2n) is 5.86. The second kappa shape index (κ2) is 8.57. The molecule has 28 heavy (non-hydrogen) atoms. The number of nitrogens with two attached hydrogens (primary N) is 1. The number of nitro groups is 1. The van der Waals surface area contributed by atoms with Crippen LogP contribution in [0.4, 0.5) is 5.69 Å². The largest absolute Gasteiger partial charge is 0.490 e. The molecule has 0 radical (unpaired) electrons. The average Bonchev–Trinajstić information content (AvgIpc) is 2.96. The summed E-state index contributed by atoms with van der Waals surface area (Å²) in [5.41, 5.74) is 6.91. The van der Waals surface area contributed by atoms with E-state index in [1.807, 2.05) is 31.2 Å². The number of hydrogen-bond donors (Lipinski definition) is 1. The predicted octanol–water partition coefficient (Wildman–Crippen LogP) is 3.29. The minimum atomic E-state index is -0.513. The normalized spacial score (nSPS) is 14.8. The van der Waals surface area contributed by atoms with Gasteiger partial charge in [0, 0.05) is 17.7 Å². The van der Waals surface area contributed by atoms with Crippen LogP contribution >= 0.6 is 11.8 Å². The van der Waals surface area contributed by atoms with Gasteiger partial charge in [-0.2, -0.15) is 4.99 Å². The van der Waals surface area contributed by atoms with Gasteiger partial charge in [0.25, 0.3) is 11.6 Å². The van der Waals surface area contributed by atoms with E-state index in [2.05, 4.69) is 4.99 Å². The fourth-order valence-corrected chi connectivity index (χ4v) is 3.15. The van der Waals surface area contributed by atoms with Gasteiger partial charge in [-0.1, -0.05) is 12.1 Å². The first-order chi connectivity index (χ1) is 13.4. The molecule has 1 aliphatic heterocycles. The van der Waals surface area contributed by atoms with Gasteiger partial charge in [0.1, 0.15) is 24.7 Å². The molecule has 0 bridgehead atoms. The molecule has 9 heteroatoms. The zero-order valence-electron chi connectivity index (χ0n) is 15.0. The number of rotatable bonds is 7. The summed E-state index contributed by atoms with van der Waals surface area (Å²) >= 11 is 1.01. The lowest BCUT2D eigenvalue weighted by molar-refractivity contribution is -0.384. The number of aliphatic imine (C=N–C) groups is 1. The van der Waals surface area contributed by atoms with Crippen LogP contribution in [0.3, 0.4) is 0 Å². The number of nitro benzene ring substituents is 1. The molecule has 0 saturated heterocycles. The highest BCUT2D eigenvalue weighted by Crippen LogP contribution is 2.31. The fourth-order valence-electron chi connectivity index (χ4n) is 2.48. The number of amidine groups is 1. The molecule has 8 nitrogen and oxygen atoms in total. The van der Waals surface area contributed by atoms with Gasteiger partial charge < -0.3 is 15.2 Å². The molecule has 2 aromatic rings. The molecule has 144 valence electrons. The fraction of sp³-hybridized carbons (Fsp3) is 0.158. The van der Waals surface area contributed by atoms with Crippen LogP contribution in [0.1, 0.15) is 11.1 Å². The van der Waals surface area contributed by atoms with Crippen molar-refractivity contribution in [2.45, 2.75) is 6.92 Å². The standard InChI is InChI=1S/C19H17N3O5S/c1-12-3-2-4-15(9-12)26-7-8-27-16-6-5-14(22(24)25)10-13(16)11-17-18(23)21-19(20)28-17/h2-6,9-11H,7-8H2,1H3,(H2,20,21,23). The molecule has 0 aliphatic carbocycles. The molecule has 0 atom stereocenters. The van der Waals surface area contributed by atoms with Gasteiger partial charge in [-0.05, 0) is 48.5 Å². The minimum Gasteiger partial charge on any atom is -0.490 e. The van der Waals surface area contributed by atoms with Crippen molar-refractivity contribution in [3.63, 3.8) is 0 Å². The average molecular weight is 399 g/mol. The van der Waals surface area contributed by atoms with Gasteiger partial charge in [0.2, 0.25) is 0 Å². The first kappa shape index (κ1) is 19.4. The molecule has 2 aromatic carbocycles. The van der Waals surface area contributed by atoms with E-state index in [-0.39, 0.29) is 22.4 Å². The van der Waals surface area contributed by atoms with Crippen molar-refractivity contribution in [3.8, 4) is 11.5 Å². The summed E-state index contributed by atoms with van der Waals surface area (Å²) in [6.45, 7) is 2.49. The van der Waals surface area contributed by atoms with Crippen LogP contribution in [0.5, 0.6) is 11.5 Å². The van der Waals surface area contributed by atoms with Crippen LogP contribution in [-0.2, 0) is 4.79 Å². The molecule has 3 rings (SSSR count). The van der Waals surface area contributed by atoms with E-state index >= 15 is 0 Å². The summed E-state index contributed by atoms with van der Waals surface area (Å²) in [6, 6.07) is 11.8. The highest BCUT2D eigenvalue weighted by atomic mass is 32.2. The minimum absolute atomic E-state index is 0.112. The molecule has 0 saturated carbocycles. The number of thioether (sulfide) groups is 1. The Balaban J connectivity index is 1.72. The van der Waals surface area contributed by atoms with Crippen LogP contribution < -0.4 is 15.2 Å². The van der Waals surface area contributed by atoms with Crippen molar-refractivity contribution in [2.75, 3.05) is 13.2 Å². The Morgan fingerprint density at radius 3 is 2.68 bits per heavy atom. The van der Waals surface area contributed by atoms with Crippen molar-refractivity contribution in [1.29, 1.82) is 0 Å². The van der Waals surface area contributed by atoms with Gasteiger partial charge in [0.05, 0.1) is 9.83 Å². The molecule has 1 amide bonds. The smallest absolute Gasteiger partial charge is 0.286 e. The van der Waals surface area contributed by atoms with Crippen LogP contribution in [0.2, 0.25) is 0 Å². The van der Waals surface area contributed by atoms with Crippen molar-refractivity contribution >= 4 is 34.6 Å². The van der Waals surface area contributed by atoms with Gasteiger partial charge >= 0.3 is 0 Å². The van der Waals surface area contributed by atoms with E-state index in [0.717, 1.165) is 23.1 Å². The summed E-state index contributed by atoms with van der Waals surface area (Å²) in [5.74, 6) is 0.641. The lowest BCUT2D eigenvalue weighted by atomic mass is 10.1. The van der Waals surface area contributed by atoms with Crippen molar-refractivity contribution in [3.05, 3.63) is 68.6 Å². The van der Waals surface area contributed by atoms with Crippen molar-refractivity contribution in [2.24, 2.45) is 10.7 Å². The number of carbonyl (C=O) groups excluding carboxylic acids is 1. The van der Waals surface area contributed by atoms with Crippen molar-refractivity contribution in [1.82, 2.24) is 0 Å². The Bertz CT molecular complexity index is 987. The van der Waals surface area contributed by atoms with Crippen LogP contribution in [0.25, 0.3) is 6.08 Å². The Morgan fingerprint density at radius 2 is 2.00 bits per heavy atom. The molecule has 2 N–H and O–H groups in total. The first-order valence-electron chi connectivity index (χ1n) is 8.31. The lowest BCUT2D eigenvalue weighted by Crippen LogP contribution is -2.09. The Labute approximate surface area is 165 Å². The van der Waals surface area contributed by atoms with Gasteiger partial charge in [-0.25, -0.2) is 0 Å². The number of aryl methyl sites for hydroxylation is 1. The zero-order chi connectivity index (χ0) is 20.1. The zero-order valence-corrected chi connectivity index (χ0v) is 15.8. The van der Waals surface area contributed by atoms with Crippen molar-refractivity contribution < 1.29 is 19.2 Å². The van der Waals surface area contributed by atoms with E-state index in [1.165, 1.54) is 24.3 Å². The molecule has 0 unspecified atom stereocenters. The van der Waals surface area contributed by atoms with E-state index < -0.39 is 10.8 Å². The van der Waals surface area contributed by atoms with Gasteiger partial charge in [-0.3, -0.25) is 14.9 Å². The number of ether oxygens (including phenoxy) is 2. The van der Waals surface area contributed by atoms with Gasteiger partial charge in [-0.15, -0.1) is 0 Å². The quantitative estimate of drug-likeness (QED) is 0.328. The van der Waals surface area contributed by atoms with E-state index in [1.54, 1.807) is 0 Å². The maximum atomic E-state index is 11.8. The third-order valence-electron chi connectivity index (χ3n) is 3.73. The van der Waals surface area contributed by atoms with E-state index in [9.17, 15) is 14.9 Å². The highest BCUT2D eigenvalue weighted by Gasteiger charge is 2.21. The summed E-state index contributed by atoms with van der Waals surface area (Å²) < 4.78 is 11.3. The molecular formula is C19H17N3O5S. The lowest BCUT2D eigenvalue weighted by Gasteiger charge is -2.11. The maximum Gasteiger partial charge on any atom is 0.286 e. The Hall–Kier alpha value is -3.33. The topological polar surface area (TPSA) is 117 Å². The number of non-ortho nitro benzene ring substituents is 1. The summed E-state index contributed by atoms with van der Waals surface area (Å²) in [4.78, 5) is 26.3. The SMILES string of the molecule is Cc1cccc(OCCOc2ccc([N+](=O)[O-])cc2C=C2SC(N)=NC2=O)c1. The third-order valence-corrected chi connectivity index (χ3v) is 4.54. The molecule has 0 fully saturated rings. The van der Waals surface area contributed by atoms with Gasteiger partial charge in [0.15, 0.2) is 5.17 Å². The Kier molecular flexibility index (Phi) is 5.95. The predicted molar refractivity (Wildman–Crippen MR) is 107 cm³/mol. The van der Waals surface area contributed by atoms with Crippen LogP contribution in [-0.4, -0.2) is 29.2 Å². The molecule has 1 aliphatic rings. The monoisotopic (exact) mass is 399 g/mol. The van der Waals surface area contributed by atoms with Crippen LogP contribution in [0, 0.1) is 17.0 Å². The first-order valence-corrected chi connectivity index (χ1v) is 9.13. The number of carbonyl (C=O) groups is 1. The van der Waals surface area contributed by atoms with E-state index in [4.69, 9.17) is 15.2 Å². The summed E-state index contributed by atoms with van der Waals surface area (Å²) in [5, 5.41) is 11.2. The van der Waals surface area contributed by atoms with Crippen LogP contribution in [0.15, 0.2) is 52.4 Å². The summed E-state index contributed by atoms with van der Waals surface area (Å²) in [6.07, 6.45) is 1.49. The maximum absolute atomic E-state index is 11.8. The Morgan fingerprint density at radius 1 is 1.21 bits per heavy atom. The second-order valence-corrected chi connectivity index (χ2v) is 6.92. The number of nitrogens with zero attached hydrogens (tertiary/aromatic N) is 2. The number of amides is 1. The third kappa shape index (κ3) is 4.89. The number of hydrogen-bond acceptors (Lipinski definition) is 7. The van der Waals surface area contributed by atoms with E-state index in [0.29, 0.717) is 17.9 Å². The molecule has 1 heterocycles. The number of benzene rings is 2. The molecular weight excluding hydrogens is 382 g/mol. The highest BCUT2D eigenvalue weighted by molar-refractivity contribution is 8.18. The molecule has 0 spiro atoms. The summed E-state index contributed by atoms with van der Waals surface area (Å²) in [7, 11) is 0.